The van der Waals surface area contributed by atoms with E-state index in [9.17, 15) is 9.59 Å². The Balaban J connectivity index is 1.94. The highest BCUT2D eigenvalue weighted by molar-refractivity contribution is 5.87. The molecule has 0 bridgehead atoms. The van der Waals surface area contributed by atoms with Gasteiger partial charge < -0.3 is 15.3 Å². The van der Waals surface area contributed by atoms with E-state index in [-0.39, 0.29) is 37.0 Å². The highest BCUT2D eigenvalue weighted by atomic mass is 16.3. The van der Waals surface area contributed by atoms with Crippen LogP contribution in [0.1, 0.15) is 12.8 Å². The van der Waals surface area contributed by atoms with E-state index in [1.807, 2.05) is 0 Å². The molecule has 6 heteroatoms. The maximum atomic E-state index is 12.1. The lowest BCUT2D eigenvalue weighted by molar-refractivity contribution is -0.136. The molecule has 2 aliphatic heterocycles. The molecule has 1 unspecified atom stereocenters. The van der Waals surface area contributed by atoms with Crippen molar-refractivity contribution in [1.82, 2.24) is 15.5 Å². The fourth-order valence-corrected chi connectivity index (χ4v) is 2.26. The Bertz CT molecular complexity index is 285. The number of aliphatic hydroxyl groups excluding tert-OH is 1. The van der Waals surface area contributed by atoms with Crippen LogP contribution in [0.25, 0.3) is 0 Å². The molecule has 2 fully saturated rings. The third kappa shape index (κ3) is 2.17. The zero-order valence-electron chi connectivity index (χ0n) is 9.11. The lowest BCUT2D eigenvalue weighted by Gasteiger charge is -2.30. The lowest BCUT2D eigenvalue weighted by atomic mass is 10.2. The smallest absolute Gasteiger partial charge is 0.241 e. The third-order valence-corrected chi connectivity index (χ3v) is 3.18. The number of aliphatic hydroxyl groups is 1. The van der Waals surface area contributed by atoms with E-state index in [0.717, 1.165) is 12.8 Å². The van der Waals surface area contributed by atoms with E-state index >= 15 is 0 Å². The maximum absolute atomic E-state index is 12.1. The van der Waals surface area contributed by atoms with E-state index in [1.165, 1.54) is 0 Å². The minimum Gasteiger partial charge on any atom is -0.394 e. The predicted molar refractivity (Wildman–Crippen MR) is 56.6 cm³/mol. The van der Waals surface area contributed by atoms with Gasteiger partial charge in [-0.25, -0.2) is 0 Å². The van der Waals surface area contributed by atoms with Crippen LogP contribution in [0.3, 0.4) is 0 Å². The van der Waals surface area contributed by atoms with E-state index in [1.54, 1.807) is 4.90 Å². The number of hydrogen-bond acceptors (Lipinski definition) is 4. The molecule has 0 spiro atoms. The quantitative estimate of drug-likeness (QED) is 0.512. The Morgan fingerprint density at radius 3 is 3.00 bits per heavy atom. The molecule has 2 heterocycles. The second-order valence-corrected chi connectivity index (χ2v) is 4.25. The largest absolute Gasteiger partial charge is 0.394 e. The van der Waals surface area contributed by atoms with Crippen molar-refractivity contribution in [2.75, 3.05) is 26.2 Å². The normalized spacial score (nSPS) is 30.3. The van der Waals surface area contributed by atoms with E-state index in [0.29, 0.717) is 13.1 Å². The molecule has 2 amide bonds. The standard InChI is InChI=1S/C10H17N3O3/c14-6-7-2-1-3-13(7)10(16)8-4-12-9(15)5-11-8/h7-8,11,14H,1-6H2,(H,12,15)/t7-,8?/m1/s1. The highest BCUT2D eigenvalue weighted by Gasteiger charge is 2.34. The molecule has 0 aromatic heterocycles. The Morgan fingerprint density at radius 1 is 1.56 bits per heavy atom. The zero-order chi connectivity index (χ0) is 11.5. The van der Waals surface area contributed by atoms with Crippen LogP contribution in [0, 0.1) is 0 Å². The molecule has 16 heavy (non-hydrogen) atoms. The summed E-state index contributed by atoms with van der Waals surface area (Å²) in [5.74, 6) is -0.0965. The number of piperazine rings is 1. The van der Waals surface area contributed by atoms with Crippen LogP contribution in [-0.4, -0.2) is 60.1 Å². The topological polar surface area (TPSA) is 81.7 Å². The molecule has 0 radical (unpaired) electrons. The van der Waals surface area contributed by atoms with Crippen molar-refractivity contribution in [1.29, 1.82) is 0 Å². The van der Waals surface area contributed by atoms with Crippen molar-refractivity contribution in [2.45, 2.75) is 24.9 Å². The summed E-state index contributed by atoms with van der Waals surface area (Å²) in [6.07, 6.45) is 1.80. The summed E-state index contributed by atoms with van der Waals surface area (Å²) in [5.41, 5.74) is 0. The second kappa shape index (κ2) is 4.80. The molecule has 2 aliphatic rings. The summed E-state index contributed by atoms with van der Waals surface area (Å²) in [7, 11) is 0. The monoisotopic (exact) mass is 227 g/mol. The van der Waals surface area contributed by atoms with Crippen molar-refractivity contribution in [3.63, 3.8) is 0 Å². The number of likely N-dealkylation sites (tertiary alicyclic amines) is 1. The molecule has 2 atom stereocenters. The van der Waals surface area contributed by atoms with Gasteiger partial charge in [0.15, 0.2) is 0 Å². The van der Waals surface area contributed by atoms with Gasteiger partial charge >= 0.3 is 0 Å². The zero-order valence-corrected chi connectivity index (χ0v) is 9.11. The van der Waals surface area contributed by atoms with Crippen LogP contribution in [0.5, 0.6) is 0 Å². The van der Waals surface area contributed by atoms with Crippen LogP contribution >= 0.6 is 0 Å². The average Bonchev–Trinajstić information content (AvgIpc) is 2.77. The van der Waals surface area contributed by atoms with Gasteiger partial charge in [-0.15, -0.1) is 0 Å². The van der Waals surface area contributed by atoms with E-state index in [4.69, 9.17) is 5.11 Å². The number of nitrogens with one attached hydrogen (secondary N) is 2. The molecule has 0 aromatic rings. The number of rotatable bonds is 2. The molecule has 0 aromatic carbocycles. The molecule has 90 valence electrons. The summed E-state index contributed by atoms with van der Waals surface area (Å²) < 4.78 is 0. The molecule has 0 aliphatic carbocycles. The Labute approximate surface area is 94.0 Å². The highest BCUT2D eigenvalue weighted by Crippen LogP contribution is 2.17. The predicted octanol–water partition coefficient (Wildman–Crippen LogP) is -1.94. The number of carbonyl (C=O) groups excluding carboxylic acids is 2. The second-order valence-electron chi connectivity index (χ2n) is 4.25. The van der Waals surface area contributed by atoms with Gasteiger partial charge in [-0.2, -0.15) is 0 Å². The van der Waals surface area contributed by atoms with Crippen LogP contribution in [0.15, 0.2) is 0 Å². The molecule has 2 saturated heterocycles. The maximum Gasteiger partial charge on any atom is 0.241 e. The molecule has 0 saturated carbocycles. The van der Waals surface area contributed by atoms with Crippen molar-refractivity contribution in [2.24, 2.45) is 0 Å². The SMILES string of the molecule is O=C1CNC(C(=O)N2CCC[C@@H]2CO)CN1. The molecule has 2 rings (SSSR count). The first-order valence-corrected chi connectivity index (χ1v) is 5.64. The number of carbonyl (C=O) groups is 2. The average molecular weight is 227 g/mol. The van der Waals surface area contributed by atoms with E-state index in [2.05, 4.69) is 10.6 Å². The summed E-state index contributed by atoms with van der Waals surface area (Å²) in [6, 6.07) is -0.392. The van der Waals surface area contributed by atoms with Gasteiger partial charge in [0.25, 0.3) is 0 Å². The van der Waals surface area contributed by atoms with Crippen molar-refractivity contribution >= 4 is 11.8 Å². The van der Waals surface area contributed by atoms with Crippen molar-refractivity contribution in [3.8, 4) is 0 Å². The summed E-state index contributed by atoms with van der Waals surface area (Å²) in [4.78, 5) is 24.7. The lowest BCUT2D eigenvalue weighted by Crippen LogP contribution is -2.59. The fraction of sp³-hybridized carbons (Fsp3) is 0.800. The Morgan fingerprint density at radius 2 is 2.38 bits per heavy atom. The first-order valence-electron chi connectivity index (χ1n) is 5.64. The van der Waals surface area contributed by atoms with Crippen LogP contribution < -0.4 is 10.6 Å². The number of nitrogens with zero attached hydrogens (tertiary/aromatic N) is 1. The molecule has 6 nitrogen and oxygen atoms in total. The summed E-state index contributed by atoms with van der Waals surface area (Å²) in [6.45, 7) is 1.25. The van der Waals surface area contributed by atoms with Crippen LogP contribution in [0.4, 0.5) is 0 Å². The van der Waals surface area contributed by atoms with Gasteiger partial charge in [-0.1, -0.05) is 0 Å². The van der Waals surface area contributed by atoms with Crippen LogP contribution in [-0.2, 0) is 9.59 Å². The van der Waals surface area contributed by atoms with Gasteiger partial charge in [-0.05, 0) is 12.8 Å². The minimum absolute atomic E-state index is 0.0171. The van der Waals surface area contributed by atoms with Gasteiger partial charge in [0, 0.05) is 13.1 Å². The first kappa shape index (κ1) is 11.3. The first-order chi connectivity index (χ1) is 7.72. The minimum atomic E-state index is -0.343. The fourth-order valence-electron chi connectivity index (χ4n) is 2.26. The number of hydrogen-bond donors (Lipinski definition) is 3. The van der Waals surface area contributed by atoms with Gasteiger partial charge in [0.1, 0.15) is 6.04 Å². The Hall–Kier alpha value is -1.14. The summed E-state index contributed by atoms with van der Waals surface area (Å²) >= 11 is 0. The number of amides is 2. The molecule has 3 N–H and O–H groups in total. The van der Waals surface area contributed by atoms with Crippen molar-refractivity contribution in [3.05, 3.63) is 0 Å². The molecular formula is C10H17N3O3. The third-order valence-electron chi connectivity index (χ3n) is 3.18. The van der Waals surface area contributed by atoms with Crippen molar-refractivity contribution < 1.29 is 14.7 Å². The van der Waals surface area contributed by atoms with Gasteiger partial charge in [0.2, 0.25) is 11.8 Å². The van der Waals surface area contributed by atoms with E-state index < -0.39 is 0 Å². The summed E-state index contributed by atoms with van der Waals surface area (Å²) in [5, 5.41) is 14.7. The van der Waals surface area contributed by atoms with Gasteiger partial charge in [0.05, 0.1) is 19.2 Å². The Kier molecular flexibility index (Phi) is 3.40. The van der Waals surface area contributed by atoms with Crippen LogP contribution in [0.2, 0.25) is 0 Å². The van der Waals surface area contributed by atoms with Gasteiger partial charge in [-0.3, -0.25) is 14.9 Å². The molecular weight excluding hydrogens is 210 g/mol.